The molecule has 6 nitrogen and oxygen atoms in total. The number of carbonyl (C=O) groups excluding carboxylic acids is 1. The Balaban J connectivity index is 1.56. The number of amides is 1. The molecule has 5 rings (SSSR count). The van der Waals surface area contributed by atoms with E-state index in [2.05, 4.69) is 44.9 Å². The van der Waals surface area contributed by atoms with Crippen LogP contribution in [0.3, 0.4) is 0 Å². The van der Waals surface area contributed by atoms with Gasteiger partial charge >= 0.3 is 0 Å². The second-order valence-electron chi connectivity index (χ2n) is 7.10. The minimum Gasteiger partial charge on any atom is -0.373 e. The second-order valence-corrected chi connectivity index (χ2v) is 7.10. The molecule has 0 atom stereocenters. The first-order valence-electron chi connectivity index (χ1n) is 9.25. The molecule has 3 heterocycles. The van der Waals surface area contributed by atoms with Crippen LogP contribution in [0.15, 0.2) is 48.8 Å². The van der Waals surface area contributed by atoms with Crippen LogP contribution < -0.4 is 15.5 Å². The fraction of sp³-hybridized carbons (Fsp3) is 0.238. The van der Waals surface area contributed by atoms with Gasteiger partial charge in [-0.05, 0) is 48.2 Å². The highest BCUT2D eigenvalue weighted by Gasteiger charge is 2.24. The fourth-order valence-electron chi connectivity index (χ4n) is 4.02. The maximum Gasteiger partial charge on any atom is 0.243 e. The monoisotopic (exact) mass is 359 g/mol. The lowest BCUT2D eigenvalue weighted by Crippen LogP contribution is -2.30. The number of aromatic nitrogens is 2. The van der Waals surface area contributed by atoms with Crippen molar-refractivity contribution in [1.82, 2.24) is 9.78 Å². The maximum atomic E-state index is 11.7. The zero-order valence-electron chi connectivity index (χ0n) is 15.2. The summed E-state index contributed by atoms with van der Waals surface area (Å²) in [5.74, 6) is -0.000179. The van der Waals surface area contributed by atoms with Crippen LogP contribution in [0, 0.1) is 0 Å². The Labute approximate surface area is 157 Å². The molecule has 0 bridgehead atoms. The predicted octanol–water partition coefficient (Wildman–Crippen LogP) is 3.54. The van der Waals surface area contributed by atoms with E-state index >= 15 is 0 Å². The lowest BCUT2D eigenvalue weighted by molar-refractivity contribution is -0.114. The zero-order chi connectivity index (χ0) is 18.4. The Morgan fingerprint density at radius 3 is 2.89 bits per heavy atom. The second kappa shape index (κ2) is 6.16. The molecule has 0 fully saturated rings. The van der Waals surface area contributed by atoms with E-state index in [9.17, 15) is 4.79 Å². The topological polar surface area (TPSA) is 62.2 Å². The minimum atomic E-state index is -0.000179. The average molecular weight is 359 g/mol. The van der Waals surface area contributed by atoms with Gasteiger partial charge in [-0.15, -0.1) is 0 Å². The lowest BCUT2D eigenvalue weighted by atomic mass is 9.96. The van der Waals surface area contributed by atoms with E-state index in [1.807, 2.05) is 36.3 Å². The third kappa shape index (κ3) is 2.73. The number of rotatable bonds is 2. The Morgan fingerprint density at radius 2 is 2.04 bits per heavy atom. The van der Waals surface area contributed by atoms with Crippen molar-refractivity contribution in [2.24, 2.45) is 7.05 Å². The number of benzene rings is 2. The number of para-hydroxylation sites is 1. The number of anilines is 4. The number of carbonyl (C=O) groups is 1. The van der Waals surface area contributed by atoms with Gasteiger partial charge < -0.3 is 15.5 Å². The van der Waals surface area contributed by atoms with E-state index < -0.39 is 0 Å². The van der Waals surface area contributed by atoms with Crippen LogP contribution in [-0.4, -0.2) is 28.8 Å². The van der Waals surface area contributed by atoms with Gasteiger partial charge in [-0.2, -0.15) is 5.10 Å². The molecule has 1 aromatic heterocycles. The van der Waals surface area contributed by atoms with Crippen molar-refractivity contribution < 1.29 is 4.79 Å². The molecule has 2 N–H and O–H groups in total. The van der Waals surface area contributed by atoms with Crippen LogP contribution in [0.2, 0.25) is 0 Å². The van der Waals surface area contributed by atoms with Gasteiger partial charge in [-0.1, -0.05) is 12.1 Å². The van der Waals surface area contributed by atoms with E-state index in [0.717, 1.165) is 42.0 Å². The molecule has 1 amide bonds. The molecule has 0 spiro atoms. The van der Waals surface area contributed by atoms with Crippen LogP contribution >= 0.6 is 0 Å². The van der Waals surface area contributed by atoms with Crippen molar-refractivity contribution in [2.75, 3.05) is 28.6 Å². The quantitative estimate of drug-likeness (QED) is 0.735. The number of hydrogen-bond acceptors (Lipinski definition) is 4. The Hall–Kier alpha value is -3.28. The van der Waals surface area contributed by atoms with E-state index in [4.69, 9.17) is 0 Å². The van der Waals surface area contributed by atoms with Crippen LogP contribution in [0.1, 0.15) is 12.0 Å². The Bertz CT molecular complexity index is 1040. The number of hydrogen-bond donors (Lipinski definition) is 2. The number of fused-ring (bicyclic) bond motifs is 2. The van der Waals surface area contributed by atoms with Crippen LogP contribution in [0.5, 0.6) is 0 Å². The highest BCUT2D eigenvalue weighted by Crippen LogP contribution is 2.42. The molecule has 0 saturated carbocycles. The maximum absolute atomic E-state index is 11.7. The number of nitrogens with zero attached hydrogens (tertiary/aromatic N) is 3. The van der Waals surface area contributed by atoms with Crippen molar-refractivity contribution >= 4 is 28.7 Å². The molecule has 2 aliphatic rings. The molecule has 27 heavy (non-hydrogen) atoms. The van der Waals surface area contributed by atoms with E-state index in [1.165, 1.54) is 16.8 Å². The highest BCUT2D eigenvalue weighted by atomic mass is 16.2. The Morgan fingerprint density at radius 1 is 1.11 bits per heavy atom. The van der Waals surface area contributed by atoms with E-state index in [0.29, 0.717) is 6.54 Å². The standard InChI is InChI=1S/C21H21N5O/c1-25-13-16(11-23-25)14-7-8-18-15(10-14)4-3-9-26(18)19-6-2-5-17-21(19)22-12-20(27)24-17/h2,5-8,10-11,13,22H,3-4,9,12H2,1H3,(H,24,27). The molecule has 136 valence electrons. The van der Waals surface area contributed by atoms with Crippen molar-refractivity contribution in [3.05, 3.63) is 54.4 Å². The molecule has 2 aliphatic heterocycles. The van der Waals surface area contributed by atoms with Gasteiger partial charge in [0, 0.05) is 31.0 Å². The molecule has 2 aromatic carbocycles. The highest BCUT2D eigenvalue weighted by molar-refractivity contribution is 6.04. The summed E-state index contributed by atoms with van der Waals surface area (Å²) in [6.45, 7) is 1.27. The van der Waals surface area contributed by atoms with Crippen molar-refractivity contribution in [2.45, 2.75) is 12.8 Å². The average Bonchev–Trinajstić information content (AvgIpc) is 3.13. The van der Waals surface area contributed by atoms with Gasteiger partial charge in [-0.3, -0.25) is 9.48 Å². The Kier molecular flexibility index (Phi) is 3.63. The summed E-state index contributed by atoms with van der Waals surface area (Å²) < 4.78 is 1.83. The largest absolute Gasteiger partial charge is 0.373 e. The summed E-state index contributed by atoms with van der Waals surface area (Å²) in [7, 11) is 1.94. The third-order valence-corrected chi connectivity index (χ3v) is 5.27. The summed E-state index contributed by atoms with van der Waals surface area (Å²) in [6, 6.07) is 12.7. The molecule has 3 aromatic rings. The molecule has 6 heteroatoms. The molecule has 0 saturated heterocycles. The van der Waals surface area contributed by atoms with Gasteiger partial charge in [0.25, 0.3) is 0 Å². The number of aryl methyl sites for hydroxylation is 2. The third-order valence-electron chi connectivity index (χ3n) is 5.27. The van der Waals surface area contributed by atoms with Crippen molar-refractivity contribution in [1.29, 1.82) is 0 Å². The van der Waals surface area contributed by atoms with Gasteiger partial charge in [-0.25, -0.2) is 0 Å². The lowest BCUT2D eigenvalue weighted by Gasteiger charge is -2.34. The molecule has 0 unspecified atom stereocenters. The van der Waals surface area contributed by atoms with Crippen LogP contribution in [0.4, 0.5) is 22.7 Å². The van der Waals surface area contributed by atoms with Gasteiger partial charge in [0.2, 0.25) is 5.91 Å². The summed E-state index contributed by atoms with van der Waals surface area (Å²) in [5.41, 5.74) is 7.89. The SMILES string of the molecule is Cn1cc(-c2ccc3c(c2)CCCN3c2cccc3c2NCC(=O)N3)cn1. The molecular formula is C21H21N5O. The first-order valence-corrected chi connectivity index (χ1v) is 9.25. The molecule has 0 aliphatic carbocycles. The summed E-state index contributed by atoms with van der Waals surface area (Å²) >= 11 is 0. The zero-order valence-corrected chi connectivity index (χ0v) is 15.2. The number of nitrogens with one attached hydrogen (secondary N) is 2. The smallest absolute Gasteiger partial charge is 0.243 e. The van der Waals surface area contributed by atoms with Crippen LogP contribution in [0.25, 0.3) is 11.1 Å². The van der Waals surface area contributed by atoms with Gasteiger partial charge in [0.1, 0.15) is 0 Å². The van der Waals surface area contributed by atoms with Gasteiger partial charge in [0.15, 0.2) is 0 Å². The minimum absolute atomic E-state index is 0.000179. The van der Waals surface area contributed by atoms with Gasteiger partial charge in [0.05, 0.1) is 29.8 Å². The molecule has 0 radical (unpaired) electrons. The predicted molar refractivity (Wildman–Crippen MR) is 108 cm³/mol. The first-order chi connectivity index (χ1) is 13.2. The first kappa shape index (κ1) is 15.9. The van der Waals surface area contributed by atoms with Crippen LogP contribution in [-0.2, 0) is 18.3 Å². The normalized spacial score (nSPS) is 15.6. The van der Waals surface area contributed by atoms with Crippen molar-refractivity contribution in [3.8, 4) is 11.1 Å². The van der Waals surface area contributed by atoms with E-state index in [1.54, 1.807) is 0 Å². The fourth-order valence-corrected chi connectivity index (χ4v) is 4.02. The van der Waals surface area contributed by atoms with E-state index in [-0.39, 0.29) is 5.91 Å². The molecular weight excluding hydrogens is 338 g/mol. The summed E-state index contributed by atoms with van der Waals surface area (Å²) in [5, 5.41) is 10.5. The summed E-state index contributed by atoms with van der Waals surface area (Å²) in [4.78, 5) is 14.0. The summed E-state index contributed by atoms with van der Waals surface area (Å²) in [6.07, 6.45) is 6.11. The van der Waals surface area contributed by atoms with Crippen molar-refractivity contribution in [3.63, 3.8) is 0 Å².